The van der Waals surface area contributed by atoms with Crippen LogP contribution in [0.25, 0.3) is 0 Å². The minimum absolute atomic E-state index is 0.198. The molecule has 0 saturated heterocycles. The fourth-order valence-electron chi connectivity index (χ4n) is 3.05. The first-order valence-electron chi connectivity index (χ1n) is 7.92. The van der Waals surface area contributed by atoms with E-state index in [-0.39, 0.29) is 6.61 Å². The zero-order chi connectivity index (χ0) is 13.8. The molecular formula is C16H25N3O. The maximum Gasteiger partial charge on any atom is 0.128 e. The van der Waals surface area contributed by atoms with Crippen LogP contribution in [0.1, 0.15) is 44.1 Å². The Morgan fingerprint density at radius 3 is 2.60 bits per heavy atom. The second kappa shape index (κ2) is 6.55. The molecule has 2 aliphatic rings. The van der Waals surface area contributed by atoms with Crippen molar-refractivity contribution in [2.75, 3.05) is 18.1 Å². The molecule has 2 N–H and O–H groups in total. The lowest BCUT2D eigenvalue weighted by Crippen LogP contribution is -2.36. The number of pyridine rings is 1. The first-order chi connectivity index (χ1) is 9.86. The van der Waals surface area contributed by atoms with Crippen LogP contribution < -0.4 is 10.2 Å². The molecule has 0 unspecified atom stereocenters. The van der Waals surface area contributed by atoms with Crippen molar-refractivity contribution in [2.45, 2.75) is 57.2 Å². The van der Waals surface area contributed by atoms with Crippen LogP contribution in [0, 0.1) is 0 Å². The lowest BCUT2D eigenvalue weighted by molar-refractivity contribution is 0.297. The first kappa shape index (κ1) is 13.8. The third-order valence-electron chi connectivity index (χ3n) is 4.38. The van der Waals surface area contributed by atoms with Gasteiger partial charge in [-0.1, -0.05) is 18.9 Å². The lowest BCUT2D eigenvalue weighted by atomic mass is 10.2. The second-order valence-electron chi connectivity index (χ2n) is 6.04. The Hall–Kier alpha value is -1.13. The van der Waals surface area contributed by atoms with Gasteiger partial charge in [-0.15, -0.1) is 0 Å². The minimum atomic E-state index is 0.198. The highest BCUT2D eigenvalue weighted by atomic mass is 16.3. The summed E-state index contributed by atoms with van der Waals surface area (Å²) in [4.78, 5) is 6.90. The van der Waals surface area contributed by atoms with Crippen LogP contribution in [-0.2, 0) is 6.54 Å². The van der Waals surface area contributed by atoms with Crippen molar-refractivity contribution in [2.24, 2.45) is 0 Å². The lowest BCUT2D eigenvalue weighted by Gasteiger charge is -2.29. The van der Waals surface area contributed by atoms with Gasteiger partial charge in [0.15, 0.2) is 0 Å². The Kier molecular flexibility index (Phi) is 4.53. The van der Waals surface area contributed by atoms with Crippen LogP contribution in [0.2, 0.25) is 0 Å². The highest BCUT2D eigenvalue weighted by Crippen LogP contribution is 2.27. The van der Waals surface area contributed by atoms with Gasteiger partial charge in [0.2, 0.25) is 0 Å². The van der Waals surface area contributed by atoms with Gasteiger partial charge in [0, 0.05) is 31.4 Å². The third-order valence-corrected chi connectivity index (χ3v) is 4.38. The standard InChI is InChI=1S/C16H25N3O/c20-10-9-19(15-3-1-2-4-15)16-8-5-13(12-18-16)11-17-14-6-7-14/h5,8,12,14-15,17,20H,1-4,6-7,9-11H2. The van der Waals surface area contributed by atoms with Gasteiger partial charge in [-0.25, -0.2) is 4.98 Å². The second-order valence-corrected chi connectivity index (χ2v) is 6.04. The first-order valence-corrected chi connectivity index (χ1v) is 7.92. The Labute approximate surface area is 121 Å². The van der Waals surface area contributed by atoms with Crippen molar-refractivity contribution < 1.29 is 5.11 Å². The largest absolute Gasteiger partial charge is 0.395 e. The number of nitrogens with one attached hydrogen (secondary N) is 1. The molecule has 0 amide bonds. The van der Waals surface area contributed by atoms with E-state index < -0.39 is 0 Å². The molecule has 0 radical (unpaired) electrons. The predicted octanol–water partition coefficient (Wildman–Crippen LogP) is 2.07. The Balaban J connectivity index is 1.63. The van der Waals surface area contributed by atoms with Gasteiger partial charge in [-0.3, -0.25) is 0 Å². The molecule has 4 heteroatoms. The van der Waals surface area contributed by atoms with Crippen molar-refractivity contribution >= 4 is 5.82 Å². The zero-order valence-corrected chi connectivity index (χ0v) is 12.1. The average Bonchev–Trinajstić information content (AvgIpc) is 3.16. The number of aliphatic hydroxyl groups is 1. The molecule has 0 atom stereocenters. The van der Waals surface area contributed by atoms with E-state index in [0.717, 1.165) is 18.4 Å². The van der Waals surface area contributed by atoms with Crippen molar-refractivity contribution in [1.29, 1.82) is 0 Å². The van der Waals surface area contributed by atoms with E-state index in [1.807, 2.05) is 6.20 Å². The third kappa shape index (κ3) is 3.49. The van der Waals surface area contributed by atoms with Crippen LogP contribution in [0.3, 0.4) is 0 Å². The van der Waals surface area contributed by atoms with Gasteiger partial charge >= 0.3 is 0 Å². The van der Waals surface area contributed by atoms with Gasteiger partial charge in [0.05, 0.1) is 6.61 Å². The van der Waals surface area contributed by atoms with Crippen LogP contribution >= 0.6 is 0 Å². The predicted molar refractivity (Wildman–Crippen MR) is 80.8 cm³/mol. The van der Waals surface area contributed by atoms with Gasteiger partial charge in [0.1, 0.15) is 5.82 Å². The molecule has 0 spiro atoms. The van der Waals surface area contributed by atoms with Gasteiger partial charge in [-0.2, -0.15) is 0 Å². The maximum absolute atomic E-state index is 9.29. The monoisotopic (exact) mass is 275 g/mol. The molecule has 3 rings (SSSR count). The quantitative estimate of drug-likeness (QED) is 0.800. The number of hydrogen-bond acceptors (Lipinski definition) is 4. The van der Waals surface area contributed by atoms with Crippen molar-refractivity contribution in [3.05, 3.63) is 23.9 Å². The smallest absolute Gasteiger partial charge is 0.128 e. The van der Waals surface area contributed by atoms with E-state index in [9.17, 15) is 5.11 Å². The number of nitrogens with zero attached hydrogens (tertiary/aromatic N) is 2. The number of aliphatic hydroxyl groups excluding tert-OH is 1. The Morgan fingerprint density at radius 1 is 1.20 bits per heavy atom. The molecule has 110 valence electrons. The molecular weight excluding hydrogens is 250 g/mol. The topological polar surface area (TPSA) is 48.4 Å². The summed E-state index contributed by atoms with van der Waals surface area (Å²) in [6, 6.07) is 5.57. The van der Waals surface area contributed by atoms with Gasteiger partial charge in [0.25, 0.3) is 0 Å². The number of anilines is 1. The number of rotatable bonds is 7. The summed E-state index contributed by atoms with van der Waals surface area (Å²) in [6.45, 7) is 1.81. The van der Waals surface area contributed by atoms with E-state index in [0.29, 0.717) is 12.6 Å². The molecule has 0 aromatic carbocycles. The fraction of sp³-hybridized carbons (Fsp3) is 0.688. The highest BCUT2D eigenvalue weighted by molar-refractivity contribution is 5.41. The minimum Gasteiger partial charge on any atom is -0.395 e. The number of hydrogen-bond donors (Lipinski definition) is 2. The van der Waals surface area contributed by atoms with E-state index in [2.05, 4.69) is 27.3 Å². The van der Waals surface area contributed by atoms with E-state index in [1.165, 1.54) is 44.1 Å². The molecule has 2 aliphatic carbocycles. The molecule has 1 aromatic heterocycles. The molecule has 1 aromatic rings. The summed E-state index contributed by atoms with van der Waals surface area (Å²) in [5.41, 5.74) is 1.25. The molecule has 1 heterocycles. The summed E-state index contributed by atoms with van der Waals surface area (Å²) in [5, 5.41) is 12.8. The van der Waals surface area contributed by atoms with Crippen molar-refractivity contribution in [3.63, 3.8) is 0 Å². The van der Waals surface area contributed by atoms with E-state index in [4.69, 9.17) is 0 Å². The van der Waals surface area contributed by atoms with Crippen molar-refractivity contribution in [1.82, 2.24) is 10.3 Å². The fourth-order valence-corrected chi connectivity index (χ4v) is 3.05. The van der Waals surface area contributed by atoms with Gasteiger partial charge < -0.3 is 15.3 Å². The molecule has 2 fully saturated rings. The Bertz CT molecular complexity index is 410. The van der Waals surface area contributed by atoms with E-state index in [1.54, 1.807) is 0 Å². The molecule has 2 saturated carbocycles. The maximum atomic E-state index is 9.29. The zero-order valence-electron chi connectivity index (χ0n) is 12.1. The van der Waals surface area contributed by atoms with Gasteiger partial charge in [-0.05, 0) is 37.3 Å². The summed E-state index contributed by atoms with van der Waals surface area (Å²) in [5.74, 6) is 1.01. The normalized spacial score (nSPS) is 19.4. The molecule has 4 nitrogen and oxygen atoms in total. The summed E-state index contributed by atoms with van der Waals surface area (Å²) < 4.78 is 0. The van der Waals surface area contributed by atoms with Crippen LogP contribution in [0.5, 0.6) is 0 Å². The van der Waals surface area contributed by atoms with E-state index >= 15 is 0 Å². The molecule has 0 bridgehead atoms. The number of aromatic nitrogens is 1. The summed E-state index contributed by atoms with van der Waals surface area (Å²) in [7, 11) is 0. The highest BCUT2D eigenvalue weighted by Gasteiger charge is 2.23. The average molecular weight is 275 g/mol. The summed E-state index contributed by atoms with van der Waals surface area (Å²) >= 11 is 0. The molecule has 0 aliphatic heterocycles. The van der Waals surface area contributed by atoms with Crippen LogP contribution in [-0.4, -0.2) is 35.3 Å². The SMILES string of the molecule is OCCN(c1ccc(CNC2CC2)cn1)C1CCCC1. The van der Waals surface area contributed by atoms with Crippen molar-refractivity contribution in [3.8, 4) is 0 Å². The van der Waals surface area contributed by atoms with Crippen LogP contribution in [0.15, 0.2) is 18.3 Å². The molecule has 20 heavy (non-hydrogen) atoms. The Morgan fingerprint density at radius 2 is 2.00 bits per heavy atom. The summed E-state index contributed by atoms with van der Waals surface area (Å²) in [6.07, 6.45) is 9.67. The van der Waals surface area contributed by atoms with Crippen LogP contribution in [0.4, 0.5) is 5.82 Å².